The number of hydrogen-bond donors (Lipinski definition) is 2. The number of fused-ring (bicyclic) bond motifs is 5. The summed E-state index contributed by atoms with van der Waals surface area (Å²) < 4.78 is 11.3. The van der Waals surface area contributed by atoms with Gasteiger partial charge in [0, 0.05) is 16.5 Å². The number of nitriles is 1. The van der Waals surface area contributed by atoms with E-state index in [1.165, 1.54) is 0 Å². The van der Waals surface area contributed by atoms with Crippen LogP contribution in [0.4, 0.5) is 0 Å². The largest absolute Gasteiger partial charge is 0.497 e. The van der Waals surface area contributed by atoms with Crippen LogP contribution in [-0.2, 0) is 0 Å². The molecule has 2 heterocycles. The third-order valence-electron chi connectivity index (χ3n) is 5.30. The first kappa shape index (κ1) is 16.3. The molecule has 1 aromatic heterocycles. The Hall–Kier alpha value is -3.91. The van der Waals surface area contributed by atoms with Crippen LogP contribution in [0.25, 0.3) is 21.8 Å². The first-order valence-electron chi connectivity index (χ1n) is 8.96. The number of nitrogens with one attached hydrogen (secondary N) is 1. The lowest BCUT2D eigenvalue weighted by Gasteiger charge is -2.27. The number of aromatic nitrogens is 1. The van der Waals surface area contributed by atoms with Gasteiger partial charge in [-0.1, -0.05) is 36.4 Å². The topological polar surface area (TPSA) is 84.1 Å². The Kier molecular flexibility index (Phi) is 3.53. The summed E-state index contributed by atoms with van der Waals surface area (Å²) in [4.78, 5) is 3.42. The van der Waals surface area contributed by atoms with E-state index in [9.17, 15) is 5.26 Å². The summed E-state index contributed by atoms with van der Waals surface area (Å²) in [6.45, 7) is 0. The molecule has 5 heteroatoms. The fraction of sp³-hybridized carbons (Fsp3) is 0.0870. The van der Waals surface area contributed by atoms with E-state index in [1.807, 2.05) is 54.6 Å². The fourth-order valence-electron chi connectivity index (χ4n) is 3.99. The molecule has 3 N–H and O–H groups in total. The van der Waals surface area contributed by atoms with Gasteiger partial charge in [-0.2, -0.15) is 5.26 Å². The highest BCUT2D eigenvalue weighted by Crippen LogP contribution is 2.47. The molecule has 0 fully saturated rings. The van der Waals surface area contributed by atoms with Crippen LogP contribution in [-0.4, -0.2) is 12.1 Å². The zero-order valence-electron chi connectivity index (χ0n) is 15.2. The number of H-pyrrole nitrogens is 1. The number of hydrogen-bond acceptors (Lipinski definition) is 4. The molecule has 0 radical (unpaired) electrons. The smallest absolute Gasteiger partial charge is 0.205 e. The van der Waals surface area contributed by atoms with Gasteiger partial charge < -0.3 is 20.2 Å². The lowest BCUT2D eigenvalue weighted by Crippen LogP contribution is -2.21. The number of para-hydroxylation sites is 1. The molecule has 0 saturated carbocycles. The van der Waals surface area contributed by atoms with Crippen molar-refractivity contribution >= 4 is 21.8 Å². The van der Waals surface area contributed by atoms with Crippen LogP contribution in [0.3, 0.4) is 0 Å². The molecular weight excluding hydrogens is 350 g/mol. The number of aromatic amines is 1. The quantitative estimate of drug-likeness (QED) is 0.544. The van der Waals surface area contributed by atoms with Gasteiger partial charge in [0.05, 0.1) is 23.9 Å². The maximum atomic E-state index is 9.77. The van der Waals surface area contributed by atoms with Gasteiger partial charge >= 0.3 is 0 Å². The van der Waals surface area contributed by atoms with E-state index in [2.05, 4.69) is 17.1 Å². The van der Waals surface area contributed by atoms with E-state index in [-0.39, 0.29) is 11.8 Å². The van der Waals surface area contributed by atoms with Crippen molar-refractivity contribution in [3.05, 3.63) is 83.2 Å². The average Bonchev–Trinajstić information content (AvgIpc) is 3.12. The Labute approximate surface area is 161 Å². The van der Waals surface area contributed by atoms with Crippen molar-refractivity contribution < 1.29 is 9.47 Å². The van der Waals surface area contributed by atoms with Gasteiger partial charge in [-0.3, -0.25) is 0 Å². The highest BCUT2D eigenvalue weighted by molar-refractivity contribution is 6.11. The first-order chi connectivity index (χ1) is 13.7. The predicted molar refractivity (Wildman–Crippen MR) is 108 cm³/mol. The van der Waals surface area contributed by atoms with Crippen molar-refractivity contribution in [3.63, 3.8) is 0 Å². The first-order valence-corrected chi connectivity index (χ1v) is 8.96. The van der Waals surface area contributed by atoms with E-state index in [4.69, 9.17) is 15.2 Å². The standard InChI is InChI=1S/C23H17N3O2/c1-27-14-8-6-13(7-9-14)20-16-10-11-19-21(15-4-2-3-5-18(15)26-19)22(16)28-23(25)17(20)12-24/h2-11,20,26H,25H2,1H3. The number of ether oxygens (including phenoxy) is 2. The van der Waals surface area contributed by atoms with Crippen molar-refractivity contribution in [1.82, 2.24) is 4.98 Å². The second-order valence-corrected chi connectivity index (χ2v) is 6.78. The number of methoxy groups -OCH3 is 1. The molecule has 0 bridgehead atoms. The minimum Gasteiger partial charge on any atom is -0.497 e. The monoisotopic (exact) mass is 367 g/mol. The number of nitrogens with zero attached hydrogens (tertiary/aromatic N) is 1. The second-order valence-electron chi connectivity index (χ2n) is 6.78. The molecule has 0 spiro atoms. The van der Waals surface area contributed by atoms with Crippen LogP contribution in [0, 0.1) is 11.3 Å². The second kappa shape index (κ2) is 6.07. The van der Waals surface area contributed by atoms with Crippen LogP contribution < -0.4 is 15.2 Å². The van der Waals surface area contributed by atoms with Crippen molar-refractivity contribution in [1.29, 1.82) is 5.26 Å². The maximum Gasteiger partial charge on any atom is 0.205 e. The number of rotatable bonds is 2. The molecule has 136 valence electrons. The molecule has 5 nitrogen and oxygen atoms in total. The van der Waals surface area contributed by atoms with Crippen LogP contribution >= 0.6 is 0 Å². The summed E-state index contributed by atoms with van der Waals surface area (Å²) in [5.41, 5.74) is 10.5. The van der Waals surface area contributed by atoms with Gasteiger partial charge in [-0.15, -0.1) is 0 Å². The molecular formula is C23H17N3O2. The summed E-state index contributed by atoms with van der Waals surface area (Å²) >= 11 is 0. The lowest BCUT2D eigenvalue weighted by atomic mass is 9.83. The normalized spacial score (nSPS) is 15.9. The zero-order chi connectivity index (χ0) is 19.3. The van der Waals surface area contributed by atoms with E-state index in [0.717, 1.165) is 38.7 Å². The van der Waals surface area contributed by atoms with Crippen LogP contribution in [0.1, 0.15) is 17.0 Å². The van der Waals surface area contributed by atoms with Gasteiger partial charge in [-0.05, 0) is 29.8 Å². The Morgan fingerprint density at radius 1 is 1.04 bits per heavy atom. The molecule has 4 aromatic rings. The molecule has 0 amide bonds. The number of nitrogens with two attached hydrogens (primary N) is 1. The summed E-state index contributed by atoms with van der Waals surface area (Å²) in [5.74, 6) is 1.32. The Bertz CT molecular complexity index is 1290. The predicted octanol–water partition coefficient (Wildman–Crippen LogP) is 4.55. The SMILES string of the molecule is COc1ccc(C2C(C#N)=C(N)Oc3c2ccc2[nH]c4ccccc4c32)cc1. The van der Waals surface area contributed by atoms with E-state index >= 15 is 0 Å². The van der Waals surface area contributed by atoms with Crippen molar-refractivity contribution in [3.8, 4) is 17.6 Å². The minimum absolute atomic E-state index is 0.147. The molecule has 1 unspecified atom stereocenters. The van der Waals surface area contributed by atoms with Gasteiger partial charge in [0.15, 0.2) is 0 Å². The van der Waals surface area contributed by atoms with Crippen molar-refractivity contribution in [2.24, 2.45) is 5.73 Å². The molecule has 5 rings (SSSR count). The summed E-state index contributed by atoms with van der Waals surface area (Å²) in [6.07, 6.45) is 0. The Morgan fingerprint density at radius 3 is 2.57 bits per heavy atom. The molecule has 1 atom stereocenters. The van der Waals surface area contributed by atoms with Gasteiger partial charge in [0.2, 0.25) is 5.88 Å². The highest BCUT2D eigenvalue weighted by Gasteiger charge is 2.32. The van der Waals surface area contributed by atoms with Gasteiger partial charge in [0.25, 0.3) is 0 Å². The summed E-state index contributed by atoms with van der Waals surface area (Å²) in [6, 6.07) is 22.1. The zero-order valence-corrected chi connectivity index (χ0v) is 15.2. The van der Waals surface area contributed by atoms with Crippen LogP contribution in [0.5, 0.6) is 11.5 Å². The molecule has 3 aromatic carbocycles. The lowest BCUT2D eigenvalue weighted by molar-refractivity contribution is 0.398. The summed E-state index contributed by atoms with van der Waals surface area (Å²) in [5, 5.41) is 11.8. The summed E-state index contributed by atoms with van der Waals surface area (Å²) in [7, 11) is 1.63. The maximum absolute atomic E-state index is 9.77. The molecule has 0 saturated heterocycles. The van der Waals surface area contributed by atoms with Gasteiger partial charge in [-0.25, -0.2) is 0 Å². The third-order valence-corrected chi connectivity index (χ3v) is 5.30. The number of benzene rings is 3. The van der Waals surface area contributed by atoms with E-state index in [1.54, 1.807) is 7.11 Å². The highest BCUT2D eigenvalue weighted by atomic mass is 16.5. The molecule has 1 aliphatic heterocycles. The number of allylic oxidation sites excluding steroid dienone is 1. The van der Waals surface area contributed by atoms with Crippen LogP contribution in [0.2, 0.25) is 0 Å². The van der Waals surface area contributed by atoms with E-state index in [0.29, 0.717) is 11.3 Å². The third kappa shape index (κ3) is 2.25. The Morgan fingerprint density at radius 2 is 1.82 bits per heavy atom. The van der Waals surface area contributed by atoms with Crippen molar-refractivity contribution in [2.75, 3.05) is 7.11 Å². The van der Waals surface area contributed by atoms with Crippen molar-refractivity contribution in [2.45, 2.75) is 5.92 Å². The van der Waals surface area contributed by atoms with Gasteiger partial charge in [0.1, 0.15) is 23.1 Å². The molecule has 0 aliphatic carbocycles. The van der Waals surface area contributed by atoms with E-state index < -0.39 is 0 Å². The average molecular weight is 367 g/mol. The fourth-order valence-corrected chi connectivity index (χ4v) is 3.99. The van der Waals surface area contributed by atoms with Crippen LogP contribution in [0.15, 0.2) is 72.1 Å². The molecule has 1 aliphatic rings. The minimum atomic E-state index is -0.294. The molecule has 28 heavy (non-hydrogen) atoms. The Balaban J connectivity index is 1.80.